The van der Waals surface area contributed by atoms with Gasteiger partial charge in [0.15, 0.2) is 6.10 Å². The van der Waals surface area contributed by atoms with E-state index in [0.29, 0.717) is 6.07 Å². The maximum Gasteiger partial charge on any atom is 0.253 e. The predicted octanol–water partition coefficient (Wildman–Crippen LogP) is 0.744. The van der Waals surface area contributed by atoms with Crippen molar-refractivity contribution in [1.82, 2.24) is 5.32 Å². The molecule has 1 aromatic carbocycles. The molecule has 76 valence electrons. The summed E-state index contributed by atoms with van der Waals surface area (Å²) in [7, 11) is 1.32. The molecule has 0 saturated heterocycles. The van der Waals surface area contributed by atoms with Crippen molar-refractivity contribution in [1.29, 1.82) is 0 Å². The fraction of sp³-hybridized carbons (Fsp3) is 0.222. The van der Waals surface area contributed by atoms with Gasteiger partial charge in [0.25, 0.3) is 5.91 Å². The number of aliphatic hydroxyl groups is 1. The van der Waals surface area contributed by atoms with E-state index < -0.39 is 23.6 Å². The second-order valence-electron chi connectivity index (χ2n) is 2.72. The molecule has 2 N–H and O–H groups in total. The summed E-state index contributed by atoms with van der Waals surface area (Å²) in [5.41, 5.74) is -0.109. The van der Waals surface area contributed by atoms with Crippen molar-refractivity contribution in [2.24, 2.45) is 0 Å². The largest absolute Gasteiger partial charge is 0.378 e. The van der Waals surface area contributed by atoms with E-state index in [9.17, 15) is 18.7 Å². The quantitative estimate of drug-likeness (QED) is 0.741. The van der Waals surface area contributed by atoms with Crippen LogP contribution in [0.5, 0.6) is 0 Å². The minimum absolute atomic E-state index is 0.109. The standard InChI is InChI=1S/C9H9F2NO2/c1-12-9(14)8(13)5-2-6(10)4-7(11)3-5/h2-4,8,13H,1H3,(H,12,14). The summed E-state index contributed by atoms with van der Waals surface area (Å²) in [6.07, 6.45) is -1.55. The number of carbonyl (C=O) groups is 1. The lowest BCUT2D eigenvalue weighted by atomic mass is 10.1. The summed E-state index contributed by atoms with van der Waals surface area (Å²) in [5.74, 6) is -2.37. The van der Waals surface area contributed by atoms with E-state index in [1.54, 1.807) is 0 Å². The third-order valence-corrected chi connectivity index (χ3v) is 1.70. The number of hydrogen-bond acceptors (Lipinski definition) is 2. The molecule has 0 fully saturated rings. The monoisotopic (exact) mass is 201 g/mol. The van der Waals surface area contributed by atoms with Gasteiger partial charge in [0.05, 0.1) is 0 Å². The van der Waals surface area contributed by atoms with E-state index in [1.807, 2.05) is 0 Å². The van der Waals surface area contributed by atoms with Crippen molar-refractivity contribution in [2.45, 2.75) is 6.10 Å². The first-order chi connectivity index (χ1) is 6.54. The molecule has 0 aliphatic heterocycles. The SMILES string of the molecule is CNC(=O)C(O)c1cc(F)cc(F)c1. The molecule has 0 spiro atoms. The van der Waals surface area contributed by atoms with Gasteiger partial charge < -0.3 is 10.4 Å². The summed E-state index contributed by atoms with van der Waals surface area (Å²) in [6.45, 7) is 0. The Morgan fingerprint density at radius 2 is 1.86 bits per heavy atom. The fourth-order valence-corrected chi connectivity index (χ4v) is 1.02. The lowest BCUT2D eigenvalue weighted by molar-refractivity contribution is -0.129. The molecule has 14 heavy (non-hydrogen) atoms. The van der Waals surface area contributed by atoms with E-state index in [0.717, 1.165) is 12.1 Å². The van der Waals surface area contributed by atoms with Gasteiger partial charge in [-0.3, -0.25) is 4.79 Å². The average Bonchev–Trinajstić information content (AvgIpc) is 2.14. The normalized spacial score (nSPS) is 12.3. The Morgan fingerprint density at radius 3 is 2.29 bits per heavy atom. The van der Waals surface area contributed by atoms with Crippen molar-refractivity contribution in [2.75, 3.05) is 7.05 Å². The van der Waals surface area contributed by atoms with Crippen molar-refractivity contribution >= 4 is 5.91 Å². The Hall–Kier alpha value is -1.49. The van der Waals surface area contributed by atoms with E-state index >= 15 is 0 Å². The molecule has 0 bridgehead atoms. The van der Waals surface area contributed by atoms with Crippen LogP contribution in [-0.4, -0.2) is 18.1 Å². The Labute approximate surface area is 79.4 Å². The van der Waals surface area contributed by atoms with Crippen LogP contribution in [0, 0.1) is 11.6 Å². The zero-order valence-corrected chi connectivity index (χ0v) is 7.42. The number of halogens is 2. The van der Waals surface area contributed by atoms with Crippen LogP contribution in [0.2, 0.25) is 0 Å². The molecule has 0 radical (unpaired) electrons. The van der Waals surface area contributed by atoms with Gasteiger partial charge in [0.2, 0.25) is 0 Å². The Balaban J connectivity index is 3.00. The summed E-state index contributed by atoms with van der Waals surface area (Å²) in [4.78, 5) is 10.9. The number of nitrogens with one attached hydrogen (secondary N) is 1. The van der Waals surface area contributed by atoms with Crippen molar-refractivity contribution in [3.63, 3.8) is 0 Å². The summed E-state index contributed by atoms with van der Waals surface area (Å²) in [5, 5.41) is 11.5. The van der Waals surface area contributed by atoms with Gasteiger partial charge >= 0.3 is 0 Å². The molecule has 5 heteroatoms. The van der Waals surface area contributed by atoms with E-state index in [4.69, 9.17) is 0 Å². The van der Waals surface area contributed by atoms with E-state index in [1.165, 1.54) is 7.05 Å². The number of hydrogen-bond donors (Lipinski definition) is 2. The molecule has 1 atom stereocenters. The van der Waals surface area contributed by atoms with E-state index in [2.05, 4.69) is 5.32 Å². The smallest absolute Gasteiger partial charge is 0.253 e. The molecule has 0 aliphatic rings. The highest BCUT2D eigenvalue weighted by Gasteiger charge is 2.17. The highest BCUT2D eigenvalue weighted by molar-refractivity contribution is 5.81. The number of aliphatic hydroxyl groups excluding tert-OH is 1. The van der Waals surface area contributed by atoms with Crippen LogP contribution in [0.3, 0.4) is 0 Å². The van der Waals surface area contributed by atoms with Gasteiger partial charge in [0, 0.05) is 13.1 Å². The zero-order valence-electron chi connectivity index (χ0n) is 7.42. The third kappa shape index (κ3) is 2.26. The van der Waals surface area contributed by atoms with E-state index in [-0.39, 0.29) is 5.56 Å². The summed E-state index contributed by atoms with van der Waals surface area (Å²) in [6, 6.07) is 2.48. The number of benzene rings is 1. The maximum absolute atomic E-state index is 12.7. The van der Waals surface area contributed by atoms with Gasteiger partial charge in [-0.2, -0.15) is 0 Å². The Bertz CT molecular complexity index is 334. The van der Waals surface area contributed by atoms with Crippen LogP contribution in [0.4, 0.5) is 8.78 Å². The summed E-state index contributed by atoms with van der Waals surface area (Å²) >= 11 is 0. The molecule has 0 saturated carbocycles. The second-order valence-corrected chi connectivity index (χ2v) is 2.72. The van der Waals surface area contributed by atoms with Gasteiger partial charge in [-0.15, -0.1) is 0 Å². The minimum atomic E-state index is -1.55. The zero-order chi connectivity index (χ0) is 10.7. The van der Waals surface area contributed by atoms with Crippen LogP contribution >= 0.6 is 0 Å². The maximum atomic E-state index is 12.7. The first-order valence-corrected chi connectivity index (χ1v) is 3.90. The van der Waals surface area contributed by atoms with Crippen molar-refractivity contribution in [3.8, 4) is 0 Å². The fourth-order valence-electron chi connectivity index (χ4n) is 1.02. The van der Waals surface area contributed by atoms with Gasteiger partial charge in [-0.05, 0) is 17.7 Å². The highest BCUT2D eigenvalue weighted by Crippen LogP contribution is 2.16. The molecule has 1 aromatic rings. The molecule has 1 unspecified atom stereocenters. The van der Waals surface area contributed by atoms with Crippen molar-refractivity contribution < 1.29 is 18.7 Å². The summed E-state index contributed by atoms with van der Waals surface area (Å²) < 4.78 is 25.3. The van der Waals surface area contributed by atoms with Gasteiger partial charge in [0.1, 0.15) is 11.6 Å². The molecule has 3 nitrogen and oxygen atoms in total. The third-order valence-electron chi connectivity index (χ3n) is 1.70. The number of likely N-dealkylation sites (N-methyl/N-ethyl adjacent to an activating group) is 1. The van der Waals surface area contributed by atoms with Crippen LogP contribution in [0.15, 0.2) is 18.2 Å². The number of rotatable bonds is 2. The van der Waals surface area contributed by atoms with Crippen LogP contribution in [-0.2, 0) is 4.79 Å². The van der Waals surface area contributed by atoms with Crippen LogP contribution in [0.25, 0.3) is 0 Å². The molecule has 0 heterocycles. The molecular formula is C9H9F2NO2. The highest BCUT2D eigenvalue weighted by atomic mass is 19.1. The number of amides is 1. The minimum Gasteiger partial charge on any atom is -0.378 e. The first kappa shape index (κ1) is 10.6. The van der Waals surface area contributed by atoms with Gasteiger partial charge in [-0.25, -0.2) is 8.78 Å². The van der Waals surface area contributed by atoms with Crippen LogP contribution < -0.4 is 5.32 Å². The second kappa shape index (κ2) is 4.15. The molecule has 1 rings (SSSR count). The van der Waals surface area contributed by atoms with Crippen LogP contribution in [0.1, 0.15) is 11.7 Å². The molecular weight excluding hydrogens is 192 g/mol. The number of carbonyl (C=O) groups excluding carboxylic acids is 1. The topological polar surface area (TPSA) is 49.3 Å². The molecule has 0 aliphatic carbocycles. The molecule has 1 amide bonds. The van der Waals surface area contributed by atoms with Crippen molar-refractivity contribution in [3.05, 3.63) is 35.4 Å². The Kier molecular flexibility index (Phi) is 3.14. The lowest BCUT2D eigenvalue weighted by Crippen LogP contribution is -2.25. The predicted molar refractivity (Wildman–Crippen MR) is 45.4 cm³/mol. The first-order valence-electron chi connectivity index (χ1n) is 3.90. The Morgan fingerprint density at radius 1 is 1.36 bits per heavy atom. The average molecular weight is 201 g/mol. The molecule has 0 aromatic heterocycles. The van der Waals surface area contributed by atoms with Gasteiger partial charge in [-0.1, -0.05) is 0 Å². The lowest BCUT2D eigenvalue weighted by Gasteiger charge is -2.09.